The summed E-state index contributed by atoms with van der Waals surface area (Å²) in [5.41, 5.74) is -1.36. The Kier molecular flexibility index (Phi) is 5.40. The number of carboxylic acid groups (broad SMARTS) is 1. The third-order valence-electron chi connectivity index (χ3n) is 1.80. The molecule has 10 heavy (non-hydrogen) atoms. The maximum absolute atomic E-state index is 8.77. The zero-order valence-electron chi connectivity index (χ0n) is 6.14. The van der Waals surface area contributed by atoms with Crippen LogP contribution in [0.5, 0.6) is 0 Å². The molecule has 1 saturated carbocycles. The minimum absolute atomic E-state index is 1.12. The molecule has 0 aromatic heterocycles. The second kappa shape index (κ2) is 5.54. The average molecular weight is 165 g/mol. The Morgan fingerprint density at radius 3 is 2.10 bits per heavy atom. The van der Waals surface area contributed by atoms with Crippen LogP contribution in [0.3, 0.4) is 0 Å². The highest BCUT2D eigenvalue weighted by Crippen LogP contribution is 2.28. The monoisotopic (exact) mass is 164 g/mol. The van der Waals surface area contributed by atoms with Crippen LogP contribution in [-0.4, -0.2) is 10.5 Å². The number of rotatable bonds is 1. The van der Waals surface area contributed by atoms with E-state index in [-0.39, 0.29) is 0 Å². The van der Waals surface area contributed by atoms with E-state index in [4.69, 9.17) is 9.90 Å². The fourth-order valence-electron chi connectivity index (χ4n) is 0.901. The number of hydrogen-bond donors (Lipinski definition) is 1. The van der Waals surface area contributed by atoms with Gasteiger partial charge in [0.15, 0.2) is 0 Å². The van der Waals surface area contributed by atoms with Crippen LogP contribution in [0, 0.1) is 5.92 Å². The zero-order valence-corrected chi connectivity index (χ0v) is 6.90. The van der Waals surface area contributed by atoms with Crippen LogP contribution < -0.4 is 0 Å². The maximum atomic E-state index is 8.77. The summed E-state index contributed by atoms with van der Waals surface area (Å²) >= 11 is 4.19. The molecule has 2 nitrogen and oxygen atoms in total. The molecule has 0 spiro atoms. The van der Waals surface area contributed by atoms with Crippen LogP contribution in [0.4, 0.5) is 4.79 Å². The Hall–Kier alpha value is -0.240. The smallest absolute Gasteiger partial charge is 0.401 e. The molecule has 0 amide bonds. The summed E-state index contributed by atoms with van der Waals surface area (Å²) in [6.07, 6.45) is 5.94. The fraction of sp³-hybridized carbons (Fsp3) is 0.857. The van der Waals surface area contributed by atoms with E-state index in [2.05, 4.69) is 18.5 Å². The summed E-state index contributed by atoms with van der Waals surface area (Å²) in [5.74, 6) is 1.12. The van der Waals surface area contributed by atoms with Crippen molar-refractivity contribution in [1.82, 2.24) is 0 Å². The highest BCUT2D eigenvalue weighted by molar-refractivity contribution is 6.60. The van der Waals surface area contributed by atoms with Crippen LogP contribution in [0.25, 0.3) is 0 Å². The maximum Gasteiger partial charge on any atom is 0.401 e. The molecule has 0 saturated heterocycles. The van der Waals surface area contributed by atoms with Gasteiger partial charge in [0.25, 0.3) is 0 Å². The molecule has 1 rings (SSSR count). The van der Waals surface area contributed by atoms with Gasteiger partial charge in [-0.25, -0.2) is 4.79 Å². The lowest BCUT2D eigenvalue weighted by Gasteiger charge is -2.22. The fourth-order valence-corrected chi connectivity index (χ4v) is 0.901. The second-order valence-corrected chi connectivity index (χ2v) is 2.78. The van der Waals surface area contributed by atoms with E-state index in [1.54, 1.807) is 0 Å². The van der Waals surface area contributed by atoms with Gasteiger partial charge in [0.05, 0.1) is 0 Å². The number of carbonyl (C=O) groups is 1. The Labute approximate surface area is 66.2 Å². The molecule has 1 aliphatic carbocycles. The Morgan fingerprint density at radius 1 is 1.70 bits per heavy atom. The van der Waals surface area contributed by atoms with E-state index < -0.39 is 5.43 Å². The van der Waals surface area contributed by atoms with Crippen molar-refractivity contribution in [3.63, 3.8) is 0 Å². The molecule has 3 heteroatoms. The molecule has 0 unspecified atom stereocenters. The van der Waals surface area contributed by atoms with E-state index in [1.165, 1.54) is 25.7 Å². The number of hydrogen-bond acceptors (Lipinski definition) is 1. The van der Waals surface area contributed by atoms with E-state index in [0.29, 0.717) is 0 Å². The zero-order chi connectivity index (χ0) is 7.98. The molecule has 1 aliphatic rings. The molecule has 0 radical (unpaired) electrons. The van der Waals surface area contributed by atoms with Crippen molar-refractivity contribution >= 4 is 17.0 Å². The molecular formula is C7H13ClO2. The average Bonchev–Trinajstić information content (AvgIpc) is 1.59. The van der Waals surface area contributed by atoms with Gasteiger partial charge in [-0.1, -0.05) is 32.6 Å². The van der Waals surface area contributed by atoms with Crippen LogP contribution in [0.2, 0.25) is 0 Å². The quantitative estimate of drug-likeness (QED) is 0.605. The highest BCUT2D eigenvalue weighted by Gasteiger charge is 2.13. The topological polar surface area (TPSA) is 37.3 Å². The minimum Gasteiger partial charge on any atom is -0.469 e. The van der Waals surface area contributed by atoms with Crippen molar-refractivity contribution in [3.8, 4) is 0 Å². The molecule has 0 bridgehead atoms. The summed E-state index contributed by atoms with van der Waals surface area (Å²) < 4.78 is 0. The van der Waals surface area contributed by atoms with Gasteiger partial charge in [-0.2, -0.15) is 0 Å². The van der Waals surface area contributed by atoms with Gasteiger partial charge < -0.3 is 5.11 Å². The Balaban J connectivity index is 0.000000180. The van der Waals surface area contributed by atoms with E-state index >= 15 is 0 Å². The van der Waals surface area contributed by atoms with Gasteiger partial charge in [-0.05, 0) is 5.92 Å². The minimum atomic E-state index is -1.36. The van der Waals surface area contributed by atoms with Gasteiger partial charge in [0, 0.05) is 11.6 Å². The summed E-state index contributed by atoms with van der Waals surface area (Å²) in [6.45, 7) is 2.28. The predicted molar refractivity (Wildman–Crippen MR) is 41.5 cm³/mol. The summed E-state index contributed by atoms with van der Waals surface area (Å²) in [6, 6.07) is 0. The predicted octanol–water partition coefficient (Wildman–Crippen LogP) is 3.10. The van der Waals surface area contributed by atoms with Crippen LogP contribution >= 0.6 is 11.6 Å². The highest BCUT2D eigenvalue weighted by atomic mass is 35.5. The molecule has 60 valence electrons. The molecular weight excluding hydrogens is 152 g/mol. The van der Waals surface area contributed by atoms with Gasteiger partial charge in [0.1, 0.15) is 0 Å². The molecule has 1 N–H and O–H groups in total. The van der Waals surface area contributed by atoms with Crippen molar-refractivity contribution in [3.05, 3.63) is 0 Å². The first-order chi connectivity index (χ1) is 4.66. The lowest BCUT2D eigenvalue weighted by Crippen LogP contribution is -2.08. The van der Waals surface area contributed by atoms with E-state index in [1.807, 2.05) is 0 Å². The van der Waals surface area contributed by atoms with Crippen LogP contribution in [-0.2, 0) is 0 Å². The summed E-state index contributed by atoms with van der Waals surface area (Å²) in [7, 11) is 0. The molecule has 0 aliphatic heterocycles. The normalized spacial score (nSPS) is 16.6. The van der Waals surface area contributed by atoms with Crippen molar-refractivity contribution < 1.29 is 9.90 Å². The first-order valence-corrected chi connectivity index (χ1v) is 3.93. The SMILES string of the molecule is CCC1CCC1.O=C(O)Cl. The first-order valence-electron chi connectivity index (χ1n) is 3.55. The van der Waals surface area contributed by atoms with Crippen LogP contribution in [0.1, 0.15) is 32.6 Å². The molecule has 0 aromatic carbocycles. The van der Waals surface area contributed by atoms with Gasteiger partial charge in [-0.15, -0.1) is 0 Å². The third-order valence-corrected chi connectivity index (χ3v) is 1.80. The lowest BCUT2D eigenvalue weighted by atomic mass is 9.84. The Morgan fingerprint density at radius 2 is 2.10 bits per heavy atom. The molecule has 0 heterocycles. The van der Waals surface area contributed by atoms with Crippen molar-refractivity contribution in [2.24, 2.45) is 5.92 Å². The van der Waals surface area contributed by atoms with Gasteiger partial charge in [-0.3, -0.25) is 0 Å². The summed E-state index contributed by atoms with van der Waals surface area (Å²) in [5, 5.41) is 7.18. The molecule has 1 fully saturated rings. The largest absolute Gasteiger partial charge is 0.469 e. The lowest BCUT2D eigenvalue weighted by molar-refractivity contribution is 0.220. The van der Waals surface area contributed by atoms with Crippen molar-refractivity contribution in [2.75, 3.05) is 0 Å². The van der Waals surface area contributed by atoms with Crippen LogP contribution in [0.15, 0.2) is 0 Å². The van der Waals surface area contributed by atoms with E-state index in [9.17, 15) is 0 Å². The molecule has 0 aromatic rings. The summed E-state index contributed by atoms with van der Waals surface area (Å²) in [4.78, 5) is 8.77. The standard InChI is InChI=1S/C6H12.CHClO2/c1-2-6-4-3-5-6;2-1(3)4/h6H,2-5H2,1H3;(H,3,4). The van der Waals surface area contributed by atoms with E-state index in [0.717, 1.165) is 5.92 Å². The Bertz CT molecular complexity index is 93.0. The van der Waals surface area contributed by atoms with Gasteiger partial charge in [0.2, 0.25) is 0 Å². The van der Waals surface area contributed by atoms with Crippen molar-refractivity contribution in [2.45, 2.75) is 32.6 Å². The first kappa shape index (κ1) is 9.76. The number of halogens is 1. The second-order valence-electron chi connectivity index (χ2n) is 2.46. The van der Waals surface area contributed by atoms with Crippen molar-refractivity contribution in [1.29, 1.82) is 0 Å². The third kappa shape index (κ3) is 5.89. The van der Waals surface area contributed by atoms with Gasteiger partial charge >= 0.3 is 5.43 Å². The molecule has 0 atom stereocenters.